The van der Waals surface area contributed by atoms with E-state index in [0.29, 0.717) is 23.3 Å². The lowest BCUT2D eigenvalue weighted by atomic mass is 10.1. The van der Waals surface area contributed by atoms with Crippen molar-refractivity contribution in [3.63, 3.8) is 0 Å². The highest BCUT2D eigenvalue weighted by Crippen LogP contribution is 2.31. The van der Waals surface area contributed by atoms with E-state index in [4.69, 9.17) is 15.2 Å². The van der Waals surface area contributed by atoms with Gasteiger partial charge < -0.3 is 19.9 Å². The molecule has 2 rings (SSSR count). The monoisotopic (exact) mass is 306 g/mol. The van der Waals surface area contributed by atoms with Crippen LogP contribution in [0, 0.1) is 0 Å². The molecule has 1 aromatic carbocycles. The number of rotatable bonds is 6. The molecular formula is C14H14N2O6. The molecule has 0 radical (unpaired) electrons. The maximum absolute atomic E-state index is 11.9. The summed E-state index contributed by atoms with van der Waals surface area (Å²) >= 11 is 0. The maximum atomic E-state index is 11.9. The van der Waals surface area contributed by atoms with Gasteiger partial charge in [0.1, 0.15) is 17.2 Å². The highest BCUT2D eigenvalue weighted by atomic mass is 16.6. The van der Waals surface area contributed by atoms with Crippen LogP contribution in [0.25, 0.3) is 0 Å². The molecule has 2 N–H and O–H groups in total. The van der Waals surface area contributed by atoms with Crippen molar-refractivity contribution in [2.24, 2.45) is 5.73 Å². The highest BCUT2D eigenvalue weighted by molar-refractivity contribution is 6.08. The van der Waals surface area contributed by atoms with Crippen molar-refractivity contribution in [2.75, 3.05) is 14.2 Å². The van der Waals surface area contributed by atoms with Crippen molar-refractivity contribution in [3.05, 3.63) is 35.2 Å². The molecule has 8 heteroatoms. The zero-order chi connectivity index (χ0) is 16.3. The summed E-state index contributed by atoms with van der Waals surface area (Å²) in [7, 11) is 3.00. The number of allylic oxidation sites excluding steroid dienone is 1. The molecule has 8 nitrogen and oxygen atoms in total. The van der Waals surface area contributed by atoms with Gasteiger partial charge in [-0.05, 0) is 12.1 Å². The van der Waals surface area contributed by atoms with Gasteiger partial charge in [-0.1, -0.05) is 0 Å². The van der Waals surface area contributed by atoms with Gasteiger partial charge in [0.05, 0.1) is 20.8 Å². The van der Waals surface area contributed by atoms with Gasteiger partial charge in [0.15, 0.2) is 6.29 Å². The van der Waals surface area contributed by atoms with Crippen molar-refractivity contribution in [3.8, 4) is 11.5 Å². The Hall–Kier alpha value is -3.03. The summed E-state index contributed by atoms with van der Waals surface area (Å²) in [5, 5.41) is 0. The van der Waals surface area contributed by atoms with Gasteiger partial charge >= 0.3 is 6.09 Å². The second-order valence-electron chi connectivity index (χ2n) is 4.32. The van der Waals surface area contributed by atoms with Crippen LogP contribution in [0.5, 0.6) is 11.5 Å². The van der Waals surface area contributed by atoms with Crippen molar-refractivity contribution < 1.29 is 28.6 Å². The van der Waals surface area contributed by atoms with Gasteiger partial charge in [0, 0.05) is 11.6 Å². The number of nitrogens with zero attached hydrogens (tertiary/aromatic N) is 1. The molecule has 1 aromatic rings. The van der Waals surface area contributed by atoms with E-state index in [1.807, 2.05) is 0 Å². The third-order valence-corrected chi connectivity index (χ3v) is 3.10. The third kappa shape index (κ3) is 2.71. The molecular weight excluding hydrogens is 292 g/mol. The summed E-state index contributed by atoms with van der Waals surface area (Å²) in [5.74, 6) is 0.148. The standard InChI is InChI=1S/C14H14N2O6/c1-20-9-4-3-8(11(5-9)21-2)6-16-10(7-17)12(13(16)18)22-14(15)19/h3-5,7H,6H2,1-2H3,(H2,15,19). The number of ether oxygens (including phenoxy) is 3. The Balaban J connectivity index is 2.25. The van der Waals surface area contributed by atoms with E-state index in [-0.39, 0.29) is 18.0 Å². The van der Waals surface area contributed by atoms with Crippen LogP contribution in [-0.4, -0.2) is 37.4 Å². The molecule has 0 bridgehead atoms. The summed E-state index contributed by atoms with van der Waals surface area (Å²) < 4.78 is 14.8. The minimum absolute atomic E-state index is 0.0401. The van der Waals surface area contributed by atoms with Crippen molar-refractivity contribution in [2.45, 2.75) is 6.54 Å². The zero-order valence-electron chi connectivity index (χ0n) is 12.0. The summed E-state index contributed by atoms with van der Waals surface area (Å²) in [5.41, 5.74) is 5.46. The average molecular weight is 306 g/mol. The lowest BCUT2D eigenvalue weighted by Gasteiger charge is -2.32. The summed E-state index contributed by atoms with van der Waals surface area (Å²) in [6.45, 7) is 0.0890. The van der Waals surface area contributed by atoms with E-state index in [1.54, 1.807) is 18.2 Å². The molecule has 116 valence electrons. The fourth-order valence-corrected chi connectivity index (χ4v) is 2.03. The normalized spacial score (nSPS) is 13.5. The Morgan fingerprint density at radius 3 is 2.59 bits per heavy atom. The summed E-state index contributed by atoms with van der Waals surface area (Å²) in [6, 6.07) is 5.07. The lowest BCUT2D eigenvalue weighted by Crippen LogP contribution is -2.44. The molecule has 0 spiro atoms. The first-order chi connectivity index (χ1) is 10.5. The van der Waals surface area contributed by atoms with Crippen LogP contribution in [0.1, 0.15) is 5.56 Å². The van der Waals surface area contributed by atoms with Gasteiger partial charge in [-0.2, -0.15) is 0 Å². The molecule has 0 aromatic heterocycles. The van der Waals surface area contributed by atoms with E-state index < -0.39 is 12.0 Å². The van der Waals surface area contributed by atoms with Gasteiger partial charge in [0.2, 0.25) is 5.76 Å². The van der Waals surface area contributed by atoms with Crippen LogP contribution in [0.2, 0.25) is 0 Å². The quantitative estimate of drug-likeness (QED) is 0.769. The van der Waals surface area contributed by atoms with Crippen molar-refractivity contribution in [1.29, 1.82) is 0 Å². The Morgan fingerprint density at radius 2 is 2.05 bits per heavy atom. The van der Waals surface area contributed by atoms with Crippen LogP contribution in [0.15, 0.2) is 29.7 Å². The van der Waals surface area contributed by atoms with Crippen LogP contribution in [0.4, 0.5) is 4.79 Å². The Morgan fingerprint density at radius 1 is 1.32 bits per heavy atom. The van der Waals surface area contributed by atoms with Gasteiger partial charge in [-0.25, -0.2) is 4.79 Å². The van der Waals surface area contributed by atoms with E-state index in [1.165, 1.54) is 14.2 Å². The Kier molecular flexibility index (Phi) is 4.31. The molecule has 2 amide bonds. The predicted octanol–water partition coefficient (Wildman–Crippen LogP) is 0.552. The highest BCUT2D eigenvalue weighted by Gasteiger charge is 2.39. The van der Waals surface area contributed by atoms with Gasteiger partial charge in [-0.3, -0.25) is 14.5 Å². The smallest absolute Gasteiger partial charge is 0.410 e. The third-order valence-electron chi connectivity index (χ3n) is 3.10. The minimum Gasteiger partial charge on any atom is -0.497 e. The fourth-order valence-electron chi connectivity index (χ4n) is 2.03. The number of hydrogen-bond acceptors (Lipinski definition) is 6. The number of amides is 2. The number of carbonyl (C=O) groups excluding carboxylic acids is 3. The molecule has 0 unspecified atom stereocenters. The number of benzene rings is 1. The molecule has 0 saturated carbocycles. The number of primary amides is 1. The first-order valence-electron chi connectivity index (χ1n) is 6.21. The molecule has 1 heterocycles. The van der Waals surface area contributed by atoms with Gasteiger partial charge in [-0.15, -0.1) is 0 Å². The maximum Gasteiger partial charge on any atom is 0.410 e. The number of hydrogen-bond donors (Lipinski definition) is 1. The van der Waals surface area contributed by atoms with E-state index >= 15 is 0 Å². The van der Waals surface area contributed by atoms with Crippen LogP contribution >= 0.6 is 0 Å². The predicted molar refractivity (Wildman–Crippen MR) is 73.9 cm³/mol. The molecule has 22 heavy (non-hydrogen) atoms. The van der Waals surface area contributed by atoms with E-state index in [2.05, 4.69) is 4.74 Å². The van der Waals surface area contributed by atoms with E-state index in [9.17, 15) is 14.4 Å². The molecule has 0 saturated heterocycles. The second-order valence-corrected chi connectivity index (χ2v) is 4.32. The topological polar surface area (TPSA) is 108 Å². The fraction of sp³-hybridized carbons (Fsp3) is 0.214. The molecule has 0 atom stereocenters. The van der Waals surface area contributed by atoms with Gasteiger partial charge in [0.25, 0.3) is 5.91 Å². The van der Waals surface area contributed by atoms with Crippen LogP contribution < -0.4 is 15.2 Å². The van der Waals surface area contributed by atoms with E-state index in [0.717, 1.165) is 4.90 Å². The average Bonchev–Trinajstić information content (AvgIpc) is 2.52. The summed E-state index contributed by atoms with van der Waals surface area (Å²) in [6.07, 6.45) is -0.722. The number of methoxy groups -OCH3 is 2. The number of carbonyl (C=O) groups is 3. The van der Waals surface area contributed by atoms with Crippen LogP contribution in [0.3, 0.4) is 0 Å². The summed E-state index contributed by atoms with van der Waals surface area (Å²) in [4.78, 5) is 34.8. The van der Waals surface area contributed by atoms with Crippen molar-refractivity contribution in [1.82, 2.24) is 4.90 Å². The molecule has 1 aliphatic heterocycles. The SMILES string of the molecule is COc1ccc(CN2C(=O)C(OC(N)=O)=C2C=O)c(OC)c1. The molecule has 0 aliphatic carbocycles. The molecule has 1 aliphatic rings. The first kappa shape index (κ1) is 15.4. The van der Waals surface area contributed by atoms with Crippen LogP contribution in [-0.2, 0) is 20.9 Å². The molecule has 0 fully saturated rings. The largest absolute Gasteiger partial charge is 0.497 e. The second kappa shape index (κ2) is 6.17. The lowest BCUT2D eigenvalue weighted by molar-refractivity contribution is -0.135. The zero-order valence-corrected chi connectivity index (χ0v) is 12.0. The minimum atomic E-state index is -1.15. The van der Waals surface area contributed by atoms with Crippen molar-refractivity contribution >= 4 is 18.3 Å². The Labute approximate surface area is 126 Å². The number of nitrogens with two attached hydrogens (primary N) is 1. The Bertz CT molecular complexity index is 667. The first-order valence-corrected chi connectivity index (χ1v) is 6.21. The number of aldehydes is 1.